The standard InChI is InChI=1S/C17H27N3O2/c1-6-20(7-2)17(22)14-8-10-15(11-9-14)18-16(21)12-19(5)13(3)4/h8-11,13H,6-7,12H2,1-5H3,(H,18,21). The highest BCUT2D eigenvalue weighted by Gasteiger charge is 2.13. The summed E-state index contributed by atoms with van der Waals surface area (Å²) in [5, 5.41) is 2.85. The van der Waals surface area contributed by atoms with Gasteiger partial charge in [0, 0.05) is 30.4 Å². The summed E-state index contributed by atoms with van der Waals surface area (Å²) < 4.78 is 0. The molecule has 0 radical (unpaired) electrons. The largest absolute Gasteiger partial charge is 0.339 e. The molecule has 0 unspecified atom stereocenters. The van der Waals surface area contributed by atoms with Gasteiger partial charge >= 0.3 is 0 Å². The van der Waals surface area contributed by atoms with Crippen LogP contribution in [0.2, 0.25) is 0 Å². The summed E-state index contributed by atoms with van der Waals surface area (Å²) >= 11 is 0. The Morgan fingerprint density at radius 2 is 1.64 bits per heavy atom. The minimum Gasteiger partial charge on any atom is -0.339 e. The fourth-order valence-electron chi connectivity index (χ4n) is 2.00. The zero-order valence-electron chi connectivity index (χ0n) is 14.2. The number of nitrogens with zero attached hydrogens (tertiary/aromatic N) is 2. The third kappa shape index (κ3) is 5.15. The van der Waals surface area contributed by atoms with Crippen molar-refractivity contribution in [3.05, 3.63) is 29.8 Å². The van der Waals surface area contributed by atoms with E-state index in [0.29, 0.717) is 36.9 Å². The van der Waals surface area contributed by atoms with Crippen LogP contribution in [0.3, 0.4) is 0 Å². The van der Waals surface area contributed by atoms with Gasteiger partial charge in [-0.15, -0.1) is 0 Å². The van der Waals surface area contributed by atoms with E-state index in [9.17, 15) is 9.59 Å². The second-order valence-corrected chi connectivity index (χ2v) is 5.61. The SMILES string of the molecule is CCN(CC)C(=O)c1ccc(NC(=O)CN(C)C(C)C)cc1. The predicted molar refractivity (Wildman–Crippen MR) is 90.1 cm³/mol. The number of hydrogen-bond donors (Lipinski definition) is 1. The lowest BCUT2D eigenvalue weighted by Gasteiger charge is -2.20. The quantitative estimate of drug-likeness (QED) is 0.842. The van der Waals surface area contributed by atoms with Crippen LogP contribution < -0.4 is 5.32 Å². The van der Waals surface area contributed by atoms with Gasteiger partial charge in [0.15, 0.2) is 0 Å². The lowest BCUT2D eigenvalue weighted by atomic mass is 10.1. The molecule has 22 heavy (non-hydrogen) atoms. The Morgan fingerprint density at radius 3 is 2.09 bits per heavy atom. The number of likely N-dealkylation sites (N-methyl/N-ethyl adjacent to an activating group) is 1. The van der Waals surface area contributed by atoms with Crippen LogP contribution >= 0.6 is 0 Å². The van der Waals surface area contributed by atoms with E-state index in [1.807, 2.05) is 39.6 Å². The molecule has 1 aromatic carbocycles. The van der Waals surface area contributed by atoms with Crippen LogP contribution in [0.15, 0.2) is 24.3 Å². The molecule has 1 aromatic rings. The average molecular weight is 305 g/mol. The smallest absolute Gasteiger partial charge is 0.253 e. The molecule has 0 spiro atoms. The average Bonchev–Trinajstić information content (AvgIpc) is 2.48. The van der Waals surface area contributed by atoms with Crippen molar-refractivity contribution in [1.82, 2.24) is 9.80 Å². The van der Waals surface area contributed by atoms with Gasteiger partial charge in [0.25, 0.3) is 5.91 Å². The van der Waals surface area contributed by atoms with Crippen LogP contribution in [0.25, 0.3) is 0 Å². The van der Waals surface area contributed by atoms with Gasteiger partial charge in [-0.25, -0.2) is 0 Å². The van der Waals surface area contributed by atoms with Gasteiger partial charge in [-0.2, -0.15) is 0 Å². The van der Waals surface area contributed by atoms with Gasteiger partial charge < -0.3 is 10.2 Å². The first kappa shape index (κ1) is 18.2. The number of anilines is 1. The summed E-state index contributed by atoms with van der Waals surface area (Å²) in [5.41, 5.74) is 1.35. The summed E-state index contributed by atoms with van der Waals surface area (Å²) in [5.74, 6) is -0.0403. The highest BCUT2D eigenvalue weighted by Crippen LogP contribution is 2.12. The second kappa shape index (κ2) is 8.54. The van der Waals surface area contributed by atoms with E-state index < -0.39 is 0 Å². The highest BCUT2D eigenvalue weighted by molar-refractivity contribution is 5.96. The molecule has 0 aromatic heterocycles. The first-order valence-corrected chi connectivity index (χ1v) is 7.78. The van der Waals surface area contributed by atoms with Crippen molar-refractivity contribution < 1.29 is 9.59 Å². The summed E-state index contributed by atoms with van der Waals surface area (Å²) in [6.07, 6.45) is 0. The number of carbonyl (C=O) groups is 2. The number of nitrogens with one attached hydrogen (secondary N) is 1. The molecular weight excluding hydrogens is 278 g/mol. The molecular formula is C17H27N3O2. The van der Waals surface area contributed by atoms with Gasteiger partial charge in [0.05, 0.1) is 6.54 Å². The minimum atomic E-state index is -0.0565. The fraction of sp³-hybridized carbons (Fsp3) is 0.529. The van der Waals surface area contributed by atoms with E-state index in [1.54, 1.807) is 29.2 Å². The molecule has 0 aliphatic rings. The van der Waals surface area contributed by atoms with Gasteiger partial charge in [-0.3, -0.25) is 14.5 Å². The Labute approximate surface area is 133 Å². The molecule has 0 fully saturated rings. The molecule has 0 atom stereocenters. The Morgan fingerprint density at radius 1 is 1.09 bits per heavy atom. The van der Waals surface area contributed by atoms with E-state index in [1.165, 1.54) is 0 Å². The van der Waals surface area contributed by atoms with Crippen molar-refractivity contribution in [2.24, 2.45) is 0 Å². The molecule has 5 heteroatoms. The summed E-state index contributed by atoms with van der Waals surface area (Å²) in [7, 11) is 1.91. The Bertz CT molecular complexity index is 493. The zero-order chi connectivity index (χ0) is 16.7. The lowest BCUT2D eigenvalue weighted by molar-refractivity contribution is -0.117. The van der Waals surface area contributed by atoms with Gasteiger partial charge in [0.2, 0.25) is 5.91 Å². The van der Waals surface area contributed by atoms with Crippen molar-refractivity contribution >= 4 is 17.5 Å². The van der Waals surface area contributed by atoms with Gasteiger partial charge in [-0.05, 0) is 59.0 Å². The molecule has 0 aliphatic carbocycles. The molecule has 1 rings (SSSR count). The van der Waals surface area contributed by atoms with Crippen molar-refractivity contribution in [2.45, 2.75) is 33.7 Å². The molecule has 0 saturated heterocycles. The Hall–Kier alpha value is -1.88. The number of benzene rings is 1. The Balaban J connectivity index is 2.65. The molecule has 5 nitrogen and oxygen atoms in total. The van der Waals surface area contributed by atoms with Crippen molar-refractivity contribution in [3.8, 4) is 0 Å². The number of rotatable bonds is 7. The van der Waals surface area contributed by atoms with E-state index in [4.69, 9.17) is 0 Å². The predicted octanol–water partition coefficient (Wildman–Crippen LogP) is 2.45. The molecule has 0 bridgehead atoms. The second-order valence-electron chi connectivity index (χ2n) is 5.61. The van der Waals surface area contributed by atoms with Crippen molar-refractivity contribution in [3.63, 3.8) is 0 Å². The van der Waals surface area contributed by atoms with Crippen LogP contribution in [0.4, 0.5) is 5.69 Å². The molecule has 0 saturated carbocycles. The number of amides is 2. The molecule has 0 aliphatic heterocycles. The van der Waals surface area contributed by atoms with Crippen LogP contribution in [0, 0.1) is 0 Å². The van der Waals surface area contributed by atoms with Crippen molar-refractivity contribution in [2.75, 3.05) is 32.0 Å². The molecule has 122 valence electrons. The number of carbonyl (C=O) groups excluding carboxylic acids is 2. The van der Waals surface area contributed by atoms with E-state index >= 15 is 0 Å². The van der Waals surface area contributed by atoms with E-state index in [-0.39, 0.29) is 11.8 Å². The first-order valence-electron chi connectivity index (χ1n) is 7.78. The van der Waals surface area contributed by atoms with E-state index in [0.717, 1.165) is 0 Å². The van der Waals surface area contributed by atoms with Crippen LogP contribution in [-0.4, -0.2) is 54.3 Å². The maximum Gasteiger partial charge on any atom is 0.253 e. The van der Waals surface area contributed by atoms with Crippen molar-refractivity contribution in [1.29, 1.82) is 0 Å². The summed E-state index contributed by atoms with van der Waals surface area (Å²) in [6, 6.07) is 7.36. The fourth-order valence-corrected chi connectivity index (χ4v) is 2.00. The van der Waals surface area contributed by atoms with Crippen LogP contribution in [0.5, 0.6) is 0 Å². The summed E-state index contributed by atoms with van der Waals surface area (Å²) in [4.78, 5) is 27.8. The first-order chi connectivity index (χ1) is 10.4. The lowest BCUT2D eigenvalue weighted by Crippen LogP contribution is -2.34. The normalized spacial score (nSPS) is 10.9. The topological polar surface area (TPSA) is 52.7 Å². The molecule has 2 amide bonds. The third-order valence-electron chi connectivity index (χ3n) is 3.74. The summed E-state index contributed by atoms with van der Waals surface area (Å²) in [6.45, 7) is 9.73. The maximum absolute atomic E-state index is 12.2. The molecule has 0 heterocycles. The third-order valence-corrected chi connectivity index (χ3v) is 3.74. The molecule has 1 N–H and O–H groups in total. The van der Waals surface area contributed by atoms with Gasteiger partial charge in [-0.1, -0.05) is 0 Å². The monoisotopic (exact) mass is 305 g/mol. The Kier molecular flexibility index (Phi) is 7.05. The number of hydrogen-bond acceptors (Lipinski definition) is 3. The van der Waals surface area contributed by atoms with Crippen LogP contribution in [0.1, 0.15) is 38.1 Å². The van der Waals surface area contributed by atoms with E-state index in [2.05, 4.69) is 5.32 Å². The van der Waals surface area contributed by atoms with Crippen LogP contribution in [-0.2, 0) is 4.79 Å². The zero-order valence-corrected chi connectivity index (χ0v) is 14.2. The minimum absolute atomic E-state index is 0.0161. The van der Waals surface area contributed by atoms with Gasteiger partial charge in [0.1, 0.15) is 0 Å². The maximum atomic E-state index is 12.2. The highest BCUT2D eigenvalue weighted by atomic mass is 16.2.